The number of likely N-dealkylation sites (tertiary alicyclic amines) is 1. The Morgan fingerprint density at radius 2 is 1.83 bits per heavy atom. The first-order valence-electron chi connectivity index (χ1n) is 15.4. The summed E-state index contributed by atoms with van der Waals surface area (Å²) in [5.74, 6) is 7.36. The van der Waals surface area contributed by atoms with Gasteiger partial charge in [0, 0.05) is 52.6 Å². The number of hydrogen-bond acceptors (Lipinski definition) is 6. The summed E-state index contributed by atoms with van der Waals surface area (Å²) in [7, 11) is 6.56. The van der Waals surface area contributed by atoms with Crippen molar-refractivity contribution in [1.29, 1.82) is 0 Å². The third-order valence-corrected chi connectivity index (χ3v) is 9.52. The predicted molar refractivity (Wildman–Crippen MR) is 164 cm³/mol. The SMILES string of the molecule is CCN(c1cc(C#CC2CCN(C)CC2)cc(C(=O)NC2COCc3c2n[nH]c3C)c1C)C1CCC(N(C)C)CC1. The number of carbonyl (C=O) groups is 1. The molecule has 5 rings (SSSR count). The molecule has 2 N–H and O–H groups in total. The number of benzene rings is 1. The number of nitrogens with one attached hydrogen (secondary N) is 2. The molecule has 1 aromatic heterocycles. The summed E-state index contributed by atoms with van der Waals surface area (Å²) in [5, 5.41) is 10.8. The molecule has 41 heavy (non-hydrogen) atoms. The normalized spacial score (nSPS) is 23.5. The summed E-state index contributed by atoms with van der Waals surface area (Å²) < 4.78 is 5.82. The van der Waals surface area contributed by atoms with Crippen molar-refractivity contribution in [3.8, 4) is 11.8 Å². The third kappa shape index (κ3) is 6.63. The minimum absolute atomic E-state index is 0.0961. The topological polar surface area (TPSA) is 76.7 Å². The molecule has 1 amide bonds. The maximum Gasteiger partial charge on any atom is 0.252 e. The Kier molecular flexibility index (Phi) is 9.38. The minimum atomic E-state index is -0.281. The number of H-pyrrole nitrogens is 1. The summed E-state index contributed by atoms with van der Waals surface area (Å²) in [6.45, 7) is 10.3. The van der Waals surface area contributed by atoms with Crippen LogP contribution < -0.4 is 10.2 Å². The largest absolute Gasteiger partial charge is 0.374 e. The number of ether oxygens (including phenoxy) is 1. The van der Waals surface area contributed by atoms with Gasteiger partial charge in [-0.05, 0) is 111 Å². The van der Waals surface area contributed by atoms with Crippen molar-refractivity contribution in [2.45, 2.75) is 84.0 Å². The Bertz CT molecular complexity index is 1270. The van der Waals surface area contributed by atoms with Gasteiger partial charge in [-0.2, -0.15) is 5.10 Å². The van der Waals surface area contributed by atoms with Crippen molar-refractivity contribution in [3.05, 3.63) is 45.8 Å². The van der Waals surface area contributed by atoms with E-state index in [1.54, 1.807) is 0 Å². The van der Waals surface area contributed by atoms with Crippen molar-refractivity contribution >= 4 is 11.6 Å². The van der Waals surface area contributed by atoms with Gasteiger partial charge in [-0.1, -0.05) is 11.8 Å². The molecule has 222 valence electrons. The van der Waals surface area contributed by atoms with Gasteiger partial charge in [-0.25, -0.2) is 0 Å². The molecule has 1 saturated carbocycles. The van der Waals surface area contributed by atoms with Gasteiger partial charge in [0.2, 0.25) is 0 Å². The highest BCUT2D eigenvalue weighted by atomic mass is 16.5. The highest BCUT2D eigenvalue weighted by molar-refractivity contribution is 5.98. The predicted octanol–water partition coefficient (Wildman–Crippen LogP) is 4.42. The van der Waals surface area contributed by atoms with Crippen LogP contribution in [0.5, 0.6) is 0 Å². The van der Waals surface area contributed by atoms with Crippen LogP contribution in [0.25, 0.3) is 0 Å². The number of aryl methyl sites for hydroxylation is 1. The Hall–Kier alpha value is -2.86. The van der Waals surface area contributed by atoms with Gasteiger partial charge in [0.1, 0.15) is 0 Å². The first-order chi connectivity index (χ1) is 19.7. The van der Waals surface area contributed by atoms with Crippen LogP contribution in [0, 0.1) is 31.6 Å². The summed E-state index contributed by atoms with van der Waals surface area (Å²) in [4.78, 5) is 21.2. The van der Waals surface area contributed by atoms with Crippen LogP contribution in [0.1, 0.15) is 89.9 Å². The van der Waals surface area contributed by atoms with Crippen molar-refractivity contribution < 1.29 is 9.53 Å². The maximum atomic E-state index is 13.9. The number of hydrogen-bond donors (Lipinski definition) is 2. The van der Waals surface area contributed by atoms with E-state index in [1.807, 2.05) is 13.0 Å². The standard InChI is InChI=1S/C33H48N6O2/c1-7-39(27-12-10-26(11-13-27)37(4)5)31-19-25(9-8-24-14-16-38(6)17-15-24)18-28(22(31)2)33(40)34-30-21-41-20-29-23(3)35-36-32(29)30/h18-19,24,26-27,30H,7,10-17,20-21H2,1-6H3,(H,34,40)(H,35,36). The number of aromatic nitrogens is 2. The van der Waals surface area contributed by atoms with Crippen LogP contribution in [0.15, 0.2) is 12.1 Å². The fourth-order valence-electron chi connectivity index (χ4n) is 6.80. The van der Waals surface area contributed by atoms with Gasteiger partial charge < -0.3 is 24.8 Å². The molecule has 1 atom stereocenters. The first-order valence-corrected chi connectivity index (χ1v) is 15.4. The van der Waals surface area contributed by atoms with Gasteiger partial charge in [0.25, 0.3) is 5.91 Å². The van der Waals surface area contributed by atoms with E-state index in [4.69, 9.17) is 4.74 Å². The molecule has 2 fully saturated rings. The summed E-state index contributed by atoms with van der Waals surface area (Å²) in [5.41, 5.74) is 6.68. The second kappa shape index (κ2) is 13.0. The van der Waals surface area contributed by atoms with E-state index in [-0.39, 0.29) is 11.9 Å². The molecule has 3 heterocycles. The Labute approximate surface area is 246 Å². The van der Waals surface area contributed by atoms with Gasteiger partial charge in [-0.3, -0.25) is 9.89 Å². The summed E-state index contributed by atoms with van der Waals surface area (Å²) in [6.07, 6.45) is 6.90. The van der Waals surface area contributed by atoms with Crippen LogP contribution >= 0.6 is 0 Å². The van der Waals surface area contributed by atoms with Crippen LogP contribution in [-0.4, -0.2) is 85.4 Å². The molecule has 1 aromatic carbocycles. The highest BCUT2D eigenvalue weighted by Crippen LogP contribution is 2.34. The second-order valence-corrected chi connectivity index (χ2v) is 12.5. The molecule has 8 heteroatoms. The monoisotopic (exact) mass is 560 g/mol. The Morgan fingerprint density at radius 1 is 1.12 bits per heavy atom. The molecule has 1 saturated heterocycles. The molecule has 0 spiro atoms. The number of rotatable bonds is 6. The zero-order chi connectivity index (χ0) is 29.1. The summed E-state index contributed by atoms with van der Waals surface area (Å²) >= 11 is 0. The molecule has 2 aliphatic heterocycles. The molecular weight excluding hydrogens is 512 g/mol. The lowest BCUT2D eigenvalue weighted by atomic mass is 9.88. The van der Waals surface area contributed by atoms with Gasteiger partial charge >= 0.3 is 0 Å². The van der Waals surface area contributed by atoms with E-state index >= 15 is 0 Å². The molecule has 1 aliphatic carbocycles. The lowest BCUT2D eigenvalue weighted by Gasteiger charge is -2.40. The molecule has 1 unspecified atom stereocenters. The number of piperidine rings is 1. The molecular formula is C33H48N6O2. The van der Waals surface area contributed by atoms with Crippen LogP contribution in [0.4, 0.5) is 5.69 Å². The number of aromatic amines is 1. The molecule has 2 aromatic rings. The number of carbonyl (C=O) groups excluding carboxylic acids is 1. The quantitative estimate of drug-likeness (QED) is 0.510. The maximum absolute atomic E-state index is 13.9. The minimum Gasteiger partial charge on any atom is -0.374 e. The fourth-order valence-corrected chi connectivity index (χ4v) is 6.80. The highest BCUT2D eigenvalue weighted by Gasteiger charge is 2.30. The molecule has 0 radical (unpaired) electrons. The van der Waals surface area contributed by atoms with E-state index in [0.717, 1.165) is 79.1 Å². The van der Waals surface area contributed by atoms with Gasteiger partial charge in [0.05, 0.1) is 24.9 Å². The van der Waals surface area contributed by atoms with Gasteiger partial charge in [-0.15, -0.1) is 0 Å². The number of fused-ring (bicyclic) bond motifs is 1. The van der Waals surface area contributed by atoms with E-state index in [1.165, 1.54) is 12.8 Å². The lowest BCUT2D eigenvalue weighted by Crippen LogP contribution is -2.42. The van der Waals surface area contributed by atoms with Gasteiger partial charge in [0.15, 0.2) is 0 Å². The lowest BCUT2D eigenvalue weighted by molar-refractivity contribution is 0.0698. The van der Waals surface area contributed by atoms with Crippen LogP contribution in [0.3, 0.4) is 0 Å². The van der Waals surface area contributed by atoms with Crippen molar-refractivity contribution in [2.75, 3.05) is 52.3 Å². The summed E-state index contributed by atoms with van der Waals surface area (Å²) in [6, 6.07) is 5.05. The van der Waals surface area contributed by atoms with Crippen LogP contribution in [-0.2, 0) is 11.3 Å². The average molecular weight is 561 g/mol. The number of anilines is 1. The fraction of sp³-hybridized carbons (Fsp3) is 0.636. The number of amides is 1. The van der Waals surface area contributed by atoms with E-state index in [9.17, 15) is 4.79 Å². The Morgan fingerprint density at radius 3 is 2.51 bits per heavy atom. The van der Waals surface area contributed by atoms with Crippen LogP contribution in [0.2, 0.25) is 0 Å². The zero-order valence-electron chi connectivity index (χ0n) is 25.8. The van der Waals surface area contributed by atoms with Crippen molar-refractivity contribution in [1.82, 2.24) is 25.3 Å². The van der Waals surface area contributed by atoms with E-state index < -0.39 is 0 Å². The zero-order valence-corrected chi connectivity index (χ0v) is 25.8. The molecule has 0 bridgehead atoms. The average Bonchev–Trinajstić information content (AvgIpc) is 3.36. The molecule has 3 aliphatic rings. The Balaban J connectivity index is 1.45. The second-order valence-electron chi connectivity index (χ2n) is 12.5. The van der Waals surface area contributed by atoms with Crippen molar-refractivity contribution in [3.63, 3.8) is 0 Å². The van der Waals surface area contributed by atoms with E-state index in [0.29, 0.717) is 36.8 Å². The van der Waals surface area contributed by atoms with Crippen molar-refractivity contribution in [2.24, 2.45) is 5.92 Å². The number of nitrogens with zero attached hydrogens (tertiary/aromatic N) is 4. The third-order valence-electron chi connectivity index (χ3n) is 9.52. The smallest absolute Gasteiger partial charge is 0.252 e. The van der Waals surface area contributed by atoms with E-state index in [2.05, 4.69) is 83.1 Å². The first kappa shape index (κ1) is 29.6. The molecule has 8 nitrogen and oxygen atoms in total.